The smallest absolute Gasteiger partial charge is 0.157 e. The normalized spacial score (nSPS) is 18.0. The molecule has 0 saturated heterocycles. The van der Waals surface area contributed by atoms with Gasteiger partial charge in [0.05, 0.1) is 16.3 Å². The summed E-state index contributed by atoms with van der Waals surface area (Å²) in [5.74, 6) is 0. The molecule has 0 aliphatic carbocycles. The monoisotopic (exact) mass is 504 g/mol. The molecule has 2 aromatic carbocycles. The van der Waals surface area contributed by atoms with Crippen LogP contribution in [0.25, 0.3) is 0 Å². The molecule has 184 valence electrons. The number of thiocarbonyl (C=S) groups is 2. The fourth-order valence-electron chi connectivity index (χ4n) is 3.86. The Labute approximate surface area is 210 Å². The summed E-state index contributed by atoms with van der Waals surface area (Å²) in [7, 11) is 0. The Bertz CT molecular complexity index is 1060. The Morgan fingerprint density at radius 2 is 1.41 bits per heavy atom. The van der Waals surface area contributed by atoms with Gasteiger partial charge in [-0.15, -0.1) is 0 Å². The van der Waals surface area contributed by atoms with E-state index in [1.807, 2.05) is 13.0 Å². The van der Waals surface area contributed by atoms with E-state index in [4.69, 9.17) is 24.4 Å². The second-order valence-electron chi connectivity index (χ2n) is 8.52. The van der Waals surface area contributed by atoms with Gasteiger partial charge in [0, 0.05) is 6.42 Å². The lowest BCUT2D eigenvalue weighted by molar-refractivity contribution is -0.179. The number of allylic oxidation sites excluding steroid dienone is 1. The predicted molar refractivity (Wildman–Crippen MR) is 140 cm³/mol. The van der Waals surface area contributed by atoms with Crippen molar-refractivity contribution in [3.8, 4) is 0 Å². The molecule has 2 rings (SSSR count). The fourth-order valence-corrected chi connectivity index (χ4v) is 4.54. The van der Waals surface area contributed by atoms with Crippen molar-refractivity contribution >= 4 is 34.2 Å². The van der Waals surface area contributed by atoms with Crippen LogP contribution in [-0.4, -0.2) is 76.5 Å². The molecule has 0 spiro atoms. The number of aliphatic hydroxyl groups excluding tert-OH is 4. The summed E-state index contributed by atoms with van der Waals surface area (Å²) in [6.45, 7) is 4.45. The van der Waals surface area contributed by atoms with E-state index in [1.54, 1.807) is 68.5 Å². The molecule has 0 heterocycles. The average molecular weight is 505 g/mol. The van der Waals surface area contributed by atoms with Gasteiger partial charge in [-0.1, -0.05) is 96.2 Å². The summed E-state index contributed by atoms with van der Waals surface area (Å²) in [5, 5.41) is 65.8. The zero-order chi connectivity index (χ0) is 25.7. The summed E-state index contributed by atoms with van der Waals surface area (Å²) in [6.07, 6.45) is -3.17. The van der Waals surface area contributed by atoms with Crippen molar-refractivity contribution in [2.45, 2.75) is 56.7 Å². The Kier molecular flexibility index (Phi) is 9.76. The molecular formula is C26H32O6S2. The molecule has 8 heteroatoms. The highest BCUT2D eigenvalue weighted by molar-refractivity contribution is 7.81. The van der Waals surface area contributed by atoms with Gasteiger partial charge in [0.25, 0.3) is 0 Å². The molecule has 2 aromatic rings. The van der Waals surface area contributed by atoms with Gasteiger partial charge in [0.2, 0.25) is 0 Å². The van der Waals surface area contributed by atoms with E-state index in [9.17, 15) is 30.6 Å². The van der Waals surface area contributed by atoms with Crippen molar-refractivity contribution in [2.75, 3.05) is 6.61 Å². The summed E-state index contributed by atoms with van der Waals surface area (Å²) < 4.78 is 0. The van der Waals surface area contributed by atoms with Crippen LogP contribution in [-0.2, 0) is 0 Å². The van der Waals surface area contributed by atoms with Crippen LogP contribution in [0.4, 0.5) is 0 Å². The molecule has 0 radical (unpaired) electrons. The first-order valence-electron chi connectivity index (χ1n) is 10.9. The first kappa shape index (κ1) is 28.4. The maximum Gasteiger partial charge on any atom is 0.157 e. The molecule has 5 atom stereocenters. The number of benzene rings is 2. The van der Waals surface area contributed by atoms with E-state index in [2.05, 4.69) is 0 Å². The second-order valence-corrected chi connectivity index (χ2v) is 9.33. The van der Waals surface area contributed by atoms with Crippen molar-refractivity contribution in [1.82, 2.24) is 0 Å². The van der Waals surface area contributed by atoms with Crippen molar-refractivity contribution in [1.29, 1.82) is 0 Å². The minimum absolute atomic E-state index is 0.0713. The molecule has 0 aromatic heterocycles. The van der Waals surface area contributed by atoms with Crippen LogP contribution in [0.1, 0.15) is 35.6 Å². The van der Waals surface area contributed by atoms with Crippen molar-refractivity contribution in [3.63, 3.8) is 0 Å². The van der Waals surface area contributed by atoms with Gasteiger partial charge in [-0.2, -0.15) is 0 Å². The molecular weight excluding hydrogens is 472 g/mol. The van der Waals surface area contributed by atoms with Gasteiger partial charge in [0.15, 0.2) is 5.60 Å². The number of aliphatic hydroxyl groups is 6. The van der Waals surface area contributed by atoms with Gasteiger partial charge in [-0.05, 0) is 31.9 Å². The summed E-state index contributed by atoms with van der Waals surface area (Å²) in [4.78, 5) is -0.382. The first-order valence-corrected chi connectivity index (χ1v) is 11.7. The molecule has 0 fully saturated rings. The van der Waals surface area contributed by atoms with Crippen LogP contribution >= 0.6 is 24.4 Å². The summed E-state index contributed by atoms with van der Waals surface area (Å²) in [6, 6.07) is 13.7. The van der Waals surface area contributed by atoms with Crippen molar-refractivity contribution in [3.05, 3.63) is 82.9 Å². The molecule has 0 bridgehead atoms. The van der Waals surface area contributed by atoms with Gasteiger partial charge in [-0.25, -0.2) is 0 Å². The van der Waals surface area contributed by atoms with Gasteiger partial charge >= 0.3 is 0 Å². The van der Waals surface area contributed by atoms with Crippen LogP contribution in [0.15, 0.2) is 60.7 Å². The van der Waals surface area contributed by atoms with Crippen LogP contribution in [0, 0.1) is 13.8 Å². The molecule has 0 aliphatic rings. The lowest BCUT2D eigenvalue weighted by Crippen LogP contribution is -2.70. The predicted octanol–water partition coefficient (Wildman–Crippen LogP) is 1.94. The van der Waals surface area contributed by atoms with Crippen molar-refractivity contribution < 1.29 is 30.6 Å². The number of hydrogen-bond donors (Lipinski definition) is 6. The van der Waals surface area contributed by atoms with E-state index in [-0.39, 0.29) is 16.1 Å². The summed E-state index contributed by atoms with van der Waals surface area (Å²) in [5.41, 5.74) is -2.61. The third kappa shape index (κ3) is 5.67. The Morgan fingerprint density at radius 1 is 0.912 bits per heavy atom. The highest BCUT2D eigenvalue weighted by atomic mass is 32.1. The first-order chi connectivity index (χ1) is 15.9. The molecule has 0 aliphatic heterocycles. The average Bonchev–Trinajstić information content (AvgIpc) is 2.84. The lowest BCUT2D eigenvalue weighted by Gasteiger charge is -2.46. The second kappa shape index (κ2) is 11.7. The largest absolute Gasteiger partial charge is 0.394 e. The van der Waals surface area contributed by atoms with Crippen LogP contribution < -0.4 is 0 Å². The highest BCUT2D eigenvalue weighted by Crippen LogP contribution is 2.36. The van der Waals surface area contributed by atoms with Crippen molar-refractivity contribution in [2.24, 2.45) is 0 Å². The van der Waals surface area contributed by atoms with Crippen LogP contribution in [0.2, 0.25) is 0 Å². The summed E-state index contributed by atoms with van der Waals surface area (Å²) >= 11 is 11.1. The van der Waals surface area contributed by atoms with Gasteiger partial charge in [-0.3, -0.25) is 0 Å². The molecule has 0 saturated carbocycles. The highest BCUT2D eigenvalue weighted by Gasteiger charge is 2.58. The Morgan fingerprint density at radius 3 is 1.85 bits per heavy atom. The SMILES string of the molecule is C/C=C/CC(O)(C(=S)c1cccc(C)c1)[C@@H](O)[C@@](O)(C(=S)c1cccc(C)c1)[C@H](O)[C@@H](O)CO. The molecule has 6 N–H and O–H groups in total. The Balaban J connectivity index is 2.72. The minimum Gasteiger partial charge on any atom is -0.394 e. The van der Waals surface area contributed by atoms with E-state index in [0.29, 0.717) is 11.1 Å². The van der Waals surface area contributed by atoms with E-state index >= 15 is 0 Å². The van der Waals surface area contributed by atoms with Crippen LogP contribution in [0.3, 0.4) is 0 Å². The lowest BCUT2D eigenvalue weighted by atomic mass is 9.71. The zero-order valence-corrected chi connectivity index (χ0v) is 21.1. The van der Waals surface area contributed by atoms with Gasteiger partial charge in [0.1, 0.15) is 23.9 Å². The number of rotatable bonds is 11. The molecule has 0 amide bonds. The number of hydrogen-bond acceptors (Lipinski definition) is 8. The number of aryl methyl sites for hydroxylation is 2. The Hall–Kier alpha value is -1.88. The maximum absolute atomic E-state index is 11.8. The van der Waals surface area contributed by atoms with Gasteiger partial charge < -0.3 is 30.6 Å². The third-order valence-electron chi connectivity index (χ3n) is 5.85. The van der Waals surface area contributed by atoms with E-state index < -0.39 is 36.1 Å². The molecule has 34 heavy (non-hydrogen) atoms. The molecule has 1 unspecified atom stereocenters. The maximum atomic E-state index is 11.8. The van der Waals surface area contributed by atoms with E-state index in [1.165, 1.54) is 0 Å². The van der Waals surface area contributed by atoms with E-state index in [0.717, 1.165) is 11.1 Å². The minimum atomic E-state index is -2.75. The topological polar surface area (TPSA) is 121 Å². The fraction of sp³-hybridized carbons (Fsp3) is 0.385. The molecule has 6 nitrogen and oxygen atoms in total. The standard InChI is InChI=1S/C26H32O6S2/c1-4-5-12-25(31,22(33)18-10-6-8-16(2)13-18)24(30)26(32,21(29)20(28)15-27)23(34)19-11-7-9-17(3)14-19/h4-11,13-14,20-21,24,27-32H,12,15H2,1-3H3/b5-4+/t20-,21+,24+,25?,26-/m0/s1. The quantitative estimate of drug-likeness (QED) is 0.156. The third-order valence-corrected chi connectivity index (χ3v) is 7.01. The zero-order valence-electron chi connectivity index (χ0n) is 19.4. The van der Waals surface area contributed by atoms with Crippen LogP contribution in [0.5, 0.6) is 0 Å².